The van der Waals surface area contributed by atoms with Crippen molar-refractivity contribution in [1.82, 2.24) is 4.98 Å². The molecule has 1 unspecified atom stereocenters. The summed E-state index contributed by atoms with van der Waals surface area (Å²) in [6, 6.07) is 12.5. The second-order valence-corrected chi connectivity index (χ2v) is 7.55. The average Bonchev–Trinajstić information content (AvgIpc) is 2.95. The van der Waals surface area contributed by atoms with E-state index in [1.807, 2.05) is 0 Å². The molecule has 2 aromatic carbocycles. The lowest BCUT2D eigenvalue weighted by molar-refractivity contribution is 0.415. The Labute approximate surface area is 135 Å². The summed E-state index contributed by atoms with van der Waals surface area (Å²) >= 11 is -2.48. The van der Waals surface area contributed by atoms with E-state index >= 15 is 0 Å². The van der Waals surface area contributed by atoms with Gasteiger partial charge in [0.2, 0.25) is 20.9 Å². The molecule has 3 aromatic rings. The summed E-state index contributed by atoms with van der Waals surface area (Å²) in [7, 11) is -2.50. The van der Waals surface area contributed by atoms with Crippen LogP contribution in [-0.2, 0) is 20.9 Å². The predicted octanol–water partition coefficient (Wildman–Crippen LogP) is 2.59. The molecule has 0 radical (unpaired) electrons. The Bertz CT molecular complexity index is 993. The van der Waals surface area contributed by atoms with Gasteiger partial charge in [0.05, 0.1) is 12.0 Å². The highest BCUT2D eigenvalue weighted by molar-refractivity contribution is 7.92. The molecule has 23 heavy (non-hydrogen) atoms. The van der Waals surface area contributed by atoms with Crippen LogP contribution in [0.3, 0.4) is 0 Å². The number of aromatic amines is 1. The van der Waals surface area contributed by atoms with Crippen LogP contribution in [0.1, 0.15) is 0 Å². The molecule has 120 valence electrons. The van der Waals surface area contributed by atoms with Gasteiger partial charge in [-0.05, 0) is 30.3 Å². The monoisotopic (exact) mass is 351 g/mol. The van der Waals surface area contributed by atoms with Crippen LogP contribution in [0, 0.1) is 0 Å². The number of H-pyrrole nitrogens is 1. The Morgan fingerprint density at radius 2 is 1.83 bits per heavy atom. The van der Waals surface area contributed by atoms with Gasteiger partial charge in [-0.15, -0.1) is 0 Å². The van der Waals surface area contributed by atoms with Gasteiger partial charge in [-0.3, -0.25) is 0 Å². The molecule has 0 aliphatic rings. The minimum absolute atomic E-state index is 0.0513. The Balaban J connectivity index is 2.39. The number of methoxy groups -OCH3 is 1. The Morgan fingerprint density at radius 3 is 2.43 bits per heavy atom. The minimum Gasteiger partial charge on any atom is -0.497 e. The van der Waals surface area contributed by atoms with Crippen molar-refractivity contribution in [3.63, 3.8) is 0 Å². The van der Waals surface area contributed by atoms with Gasteiger partial charge in [-0.25, -0.2) is 12.6 Å². The molecule has 0 bridgehead atoms. The summed E-state index contributed by atoms with van der Waals surface area (Å²) in [6.07, 6.45) is 0. The number of aromatic nitrogens is 1. The summed E-state index contributed by atoms with van der Waals surface area (Å²) in [4.78, 5) is 2.55. The van der Waals surface area contributed by atoms with E-state index in [1.165, 1.54) is 25.3 Å². The zero-order valence-electron chi connectivity index (χ0n) is 12.0. The summed E-state index contributed by atoms with van der Waals surface area (Å²) < 4.78 is 52.1. The van der Waals surface area contributed by atoms with E-state index in [0.29, 0.717) is 16.7 Å². The van der Waals surface area contributed by atoms with Gasteiger partial charge in [0.15, 0.2) is 5.03 Å². The van der Waals surface area contributed by atoms with Gasteiger partial charge in [0.25, 0.3) is 0 Å². The maximum atomic E-state index is 12.9. The van der Waals surface area contributed by atoms with Crippen LogP contribution < -0.4 is 4.74 Å². The second-order valence-electron chi connectivity index (χ2n) is 4.76. The van der Waals surface area contributed by atoms with E-state index < -0.39 is 20.9 Å². The first kappa shape index (κ1) is 15.7. The second kappa shape index (κ2) is 5.80. The molecular weight excluding hydrogens is 338 g/mol. The number of hydrogen-bond donors (Lipinski definition) is 2. The molecule has 0 aliphatic carbocycles. The minimum atomic E-state index is -3.96. The molecule has 3 rings (SSSR count). The normalized spacial score (nSPS) is 13.1. The van der Waals surface area contributed by atoms with Crippen molar-refractivity contribution in [2.45, 2.75) is 14.8 Å². The molecule has 1 heterocycles. The Hall–Kier alpha value is -2.16. The zero-order valence-corrected chi connectivity index (χ0v) is 13.6. The number of ether oxygens (including phenoxy) is 1. The van der Waals surface area contributed by atoms with Crippen LogP contribution >= 0.6 is 0 Å². The molecule has 0 amide bonds. The highest BCUT2D eigenvalue weighted by Gasteiger charge is 2.29. The number of benzene rings is 2. The molecule has 0 saturated carbocycles. The van der Waals surface area contributed by atoms with Crippen molar-refractivity contribution in [3.05, 3.63) is 48.5 Å². The Kier molecular flexibility index (Phi) is 3.97. The van der Waals surface area contributed by atoms with Gasteiger partial charge in [0.1, 0.15) is 10.6 Å². The van der Waals surface area contributed by atoms with Gasteiger partial charge in [-0.1, -0.05) is 18.2 Å². The fourth-order valence-corrected chi connectivity index (χ4v) is 4.87. The van der Waals surface area contributed by atoms with Crippen LogP contribution in [0.15, 0.2) is 63.3 Å². The van der Waals surface area contributed by atoms with E-state index in [-0.39, 0.29) is 14.8 Å². The first-order valence-electron chi connectivity index (χ1n) is 6.56. The third-order valence-electron chi connectivity index (χ3n) is 3.42. The molecule has 1 atom stereocenters. The van der Waals surface area contributed by atoms with Crippen molar-refractivity contribution >= 4 is 31.8 Å². The highest BCUT2D eigenvalue weighted by atomic mass is 32.2. The van der Waals surface area contributed by atoms with Crippen LogP contribution in [0.2, 0.25) is 0 Å². The average molecular weight is 351 g/mol. The number of sulfone groups is 1. The maximum Gasteiger partial charge on any atom is 0.210 e. The van der Waals surface area contributed by atoms with E-state index in [0.717, 1.165) is 0 Å². The molecule has 8 heteroatoms. The quantitative estimate of drug-likeness (QED) is 0.704. The van der Waals surface area contributed by atoms with Gasteiger partial charge < -0.3 is 14.3 Å². The van der Waals surface area contributed by atoms with Gasteiger partial charge in [0, 0.05) is 10.9 Å². The topological polar surface area (TPSA) is 96.5 Å². The molecule has 0 fully saturated rings. The third kappa shape index (κ3) is 2.65. The van der Waals surface area contributed by atoms with E-state index in [2.05, 4.69) is 4.98 Å². The SMILES string of the molecule is COc1ccc2[nH]c(S(=O)O)c(S(=O)(=O)c3ccccc3)c2c1. The van der Waals surface area contributed by atoms with Crippen molar-refractivity contribution in [2.24, 2.45) is 0 Å². The first-order valence-corrected chi connectivity index (χ1v) is 9.15. The fourth-order valence-electron chi connectivity index (χ4n) is 2.36. The molecule has 0 spiro atoms. The van der Waals surface area contributed by atoms with Gasteiger partial charge >= 0.3 is 0 Å². The molecule has 6 nitrogen and oxygen atoms in total. The van der Waals surface area contributed by atoms with Crippen molar-refractivity contribution in [3.8, 4) is 5.75 Å². The van der Waals surface area contributed by atoms with E-state index in [1.54, 1.807) is 30.3 Å². The highest BCUT2D eigenvalue weighted by Crippen LogP contribution is 2.35. The van der Waals surface area contributed by atoms with E-state index in [9.17, 15) is 17.2 Å². The smallest absolute Gasteiger partial charge is 0.210 e. The fraction of sp³-hybridized carbons (Fsp3) is 0.0667. The van der Waals surface area contributed by atoms with Crippen molar-refractivity contribution in [2.75, 3.05) is 7.11 Å². The maximum absolute atomic E-state index is 12.9. The van der Waals surface area contributed by atoms with Crippen LogP contribution in [0.25, 0.3) is 10.9 Å². The number of rotatable bonds is 4. The lowest BCUT2D eigenvalue weighted by atomic mass is 10.2. The summed E-state index contributed by atoms with van der Waals surface area (Å²) in [5.41, 5.74) is 0.442. The lowest BCUT2D eigenvalue weighted by Gasteiger charge is -2.06. The van der Waals surface area contributed by atoms with Crippen molar-refractivity contribution in [1.29, 1.82) is 0 Å². The summed E-state index contributed by atoms with van der Waals surface area (Å²) in [5.74, 6) is 0.455. The standard InChI is InChI=1S/C15H13NO5S2/c1-21-10-7-8-13-12(9-10)14(15(16-13)22(17)18)23(19,20)11-5-3-2-4-6-11/h2-9,16H,1H3,(H,17,18). The molecule has 0 aliphatic heterocycles. The van der Waals surface area contributed by atoms with Crippen LogP contribution in [-0.4, -0.2) is 29.3 Å². The summed E-state index contributed by atoms with van der Waals surface area (Å²) in [5, 5.41) is 0.0581. The van der Waals surface area contributed by atoms with Crippen LogP contribution in [0.4, 0.5) is 0 Å². The number of nitrogens with one attached hydrogen (secondary N) is 1. The van der Waals surface area contributed by atoms with Gasteiger partial charge in [-0.2, -0.15) is 0 Å². The van der Waals surface area contributed by atoms with Crippen molar-refractivity contribution < 1.29 is 21.9 Å². The number of hydrogen-bond acceptors (Lipinski definition) is 4. The molecular formula is C15H13NO5S2. The predicted molar refractivity (Wildman–Crippen MR) is 85.8 cm³/mol. The first-order chi connectivity index (χ1) is 10.9. The number of fused-ring (bicyclic) bond motifs is 1. The largest absolute Gasteiger partial charge is 0.497 e. The molecule has 1 aromatic heterocycles. The van der Waals surface area contributed by atoms with E-state index in [4.69, 9.17) is 4.74 Å². The molecule has 0 saturated heterocycles. The zero-order chi connectivity index (χ0) is 16.6. The lowest BCUT2D eigenvalue weighted by Crippen LogP contribution is -2.05. The third-order valence-corrected chi connectivity index (χ3v) is 6.06. The Morgan fingerprint density at radius 1 is 1.13 bits per heavy atom. The summed E-state index contributed by atoms with van der Waals surface area (Å²) in [6.45, 7) is 0. The molecule has 2 N–H and O–H groups in total. The van der Waals surface area contributed by atoms with Crippen LogP contribution in [0.5, 0.6) is 5.75 Å².